The number of carbonyl (C=O) groups is 1. The summed E-state index contributed by atoms with van der Waals surface area (Å²) in [6.07, 6.45) is 3.00. The molecule has 1 aliphatic carbocycles. The van der Waals surface area contributed by atoms with Gasteiger partial charge >= 0.3 is 6.09 Å². The predicted molar refractivity (Wildman–Crippen MR) is 118 cm³/mol. The lowest BCUT2D eigenvalue weighted by Crippen LogP contribution is -2.47. The maximum atomic E-state index is 14.8. The van der Waals surface area contributed by atoms with Crippen molar-refractivity contribution >= 4 is 34.3 Å². The van der Waals surface area contributed by atoms with E-state index in [4.69, 9.17) is 0 Å². The number of aryl methyl sites for hydroxylation is 1. The zero-order chi connectivity index (χ0) is 22.8. The number of pyridine rings is 1. The van der Waals surface area contributed by atoms with Crippen molar-refractivity contribution < 1.29 is 14.3 Å². The van der Waals surface area contributed by atoms with Crippen LogP contribution >= 0.6 is 0 Å². The van der Waals surface area contributed by atoms with Crippen molar-refractivity contribution in [2.24, 2.45) is 13.0 Å². The third-order valence-corrected chi connectivity index (χ3v) is 5.76. The van der Waals surface area contributed by atoms with Crippen LogP contribution < -0.4 is 16.0 Å². The Balaban J connectivity index is 1.67. The second-order valence-electron chi connectivity index (χ2n) is 7.93. The molecule has 1 aromatic carbocycles. The van der Waals surface area contributed by atoms with Crippen molar-refractivity contribution in [3.63, 3.8) is 0 Å². The molecule has 9 nitrogen and oxygen atoms in total. The van der Waals surface area contributed by atoms with E-state index in [0.717, 1.165) is 29.8 Å². The average molecular weight is 437 g/mol. The summed E-state index contributed by atoms with van der Waals surface area (Å²) in [4.78, 5) is 15.6. The lowest BCUT2D eigenvalue weighted by atomic mass is 10.0. The molecule has 166 valence electrons. The first-order valence-corrected chi connectivity index (χ1v) is 10.5. The molecule has 1 fully saturated rings. The van der Waals surface area contributed by atoms with Gasteiger partial charge < -0.3 is 21.1 Å². The zero-order valence-electron chi connectivity index (χ0n) is 17.8. The Morgan fingerprint density at radius 1 is 1.41 bits per heavy atom. The number of rotatable bonds is 8. The lowest BCUT2D eigenvalue weighted by molar-refractivity contribution is 0.187. The van der Waals surface area contributed by atoms with Gasteiger partial charge in [-0.15, -0.1) is 0 Å². The van der Waals surface area contributed by atoms with Crippen LogP contribution in [0, 0.1) is 23.1 Å². The van der Waals surface area contributed by atoms with Crippen molar-refractivity contribution in [2.45, 2.75) is 38.3 Å². The molecule has 4 rings (SSSR count). The number of halogens is 1. The molecule has 1 saturated carbocycles. The summed E-state index contributed by atoms with van der Waals surface area (Å²) in [5.41, 5.74) is 1.65. The van der Waals surface area contributed by atoms with Gasteiger partial charge in [-0.2, -0.15) is 10.4 Å². The van der Waals surface area contributed by atoms with E-state index in [0.29, 0.717) is 12.1 Å². The van der Waals surface area contributed by atoms with Crippen LogP contribution in [0.4, 0.5) is 26.5 Å². The van der Waals surface area contributed by atoms with Crippen molar-refractivity contribution in [1.29, 1.82) is 5.26 Å². The summed E-state index contributed by atoms with van der Waals surface area (Å²) in [6.45, 7) is 1.88. The third kappa shape index (κ3) is 4.27. The molecular formula is C22H24FN7O2. The zero-order valence-corrected chi connectivity index (χ0v) is 17.8. The number of anilines is 3. The van der Waals surface area contributed by atoms with Gasteiger partial charge in [-0.05, 0) is 43.4 Å². The van der Waals surface area contributed by atoms with Crippen LogP contribution in [0.25, 0.3) is 10.9 Å². The topological polar surface area (TPSA) is 128 Å². The van der Waals surface area contributed by atoms with Gasteiger partial charge in [-0.1, -0.05) is 13.0 Å². The number of aromatic nitrogens is 3. The number of amides is 1. The van der Waals surface area contributed by atoms with Crippen molar-refractivity contribution in [3.8, 4) is 6.07 Å². The fourth-order valence-corrected chi connectivity index (χ4v) is 3.95. The van der Waals surface area contributed by atoms with Crippen molar-refractivity contribution in [2.75, 3.05) is 10.6 Å². The van der Waals surface area contributed by atoms with Crippen molar-refractivity contribution in [3.05, 3.63) is 41.8 Å². The van der Waals surface area contributed by atoms with Gasteiger partial charge in [-0.25, -0.2) is 14.2 Å². The van der Waals surface area contributed by atoms with E-state index in [-0.39, 0.29) is 29.2 Å². The highest BCUT2D eigenvalue weighted by Crippen LogP contribution is 2.37. The minimum atomic E-state index is -1.12. The molecule has 10 heteroatoms. The number of nitrogens with zero attached hydrogens (tertiary/aromatic N) is 4. The molecule has 0 unspecified atom stereocenters. The molecule has 1 aliphatic rings. The monoisotopic (exact) mass is 437 g/mol. The molecule has 0 spiro atoms. The summed E-state index contributed by atoms with van der Waals surface area (Å²) in [7, 11) is 1.83. The van der Waals surface area contributed by atoms with E-state index >= 15 is 0 Å². The van der Waals surface area contributed by atoms with Crippen LogP contribution in [-0.2, 0) is 7.05 Å². The Morgan fingerprint density at radius 2 is 2.19 bits per heavy atom. The van der Waals surface area contributed by atoms with Gasteiger partial charge in [0.05, 0.1) is 35.0 Å². The molecule has 4 N–H and O–H groups in total. The number of benzene rings is 1. The minimum absolute atomic E-state index is 0.0209. The Kier molecular flexibility index (Phi) is 5.81. The van der Waals surface area contributed by atoms with Crippen LogP contribution in [0.15, 0.2) is 30.5 Å². The molecular weight excluding hydrogens is 413 g/mol. The van der Waals surface area contributed by atoms with E-state index < -0.39 is 18.0 Å². The largest absolute Gasteiger partial charge is 0.465 e. The van der Waals surface area contributed by atoms with E-state index in [1.807, 2.05) is 38.2 Å². The highest BCUT2D eigenvalue weighted by molar-refractivity contribution is 5.93. The standard InChI is InChI=1S/C22H24FN7O2/c1-3-16(27-22(31)32)19(12-7-8-12)28-21-15(23)9-13(10-24)20(29-21)26-17-5-4-6-18-14(17)11-25-30(18)2/h4-6,9,11-12,16,19,27H,3,7-8H2,1-2H3,(H,31,32)(H2,26,28,29)/t16-,19+/m0/s1. The molecule has 32 heavy (non-hydrogen) atoms. The molecule has 2 heterocycles. The smallest absolute Gasteiger partial charge is 0.404 e. The average Bonchev–Trinajstić information content (AvgIpc) is 3.54. The number of nitrogens with one attached hydrogen (secondary N) is 3. The highest BCUT2D eigenvalue weighted by atomic mass is 19.1. The lowest BCUT2D eigenvalue weighted by Gasteiger charge is -2.28. The third-order valence-electron chi connectivity index (χ3n) is 5.76. The van der Waals surface area contributed by atoms with E-state index in [1.165, 1.54) is 0 Å². The molecule has 2 aromatic heterocycles. The Morgan fingerprint density at radius 3 is 2.84 bits per heavy atom. The first-order valence-electron chi connectivity index (χ1n) is 10.5. The van der Waals surface area contributed by atoms with E-state index in [2.05, 4.69) is 26.0 Å². The second kappa shape index (κ2) is 8.70. The van der Waals surface area contributed by atoms with Crippen LogP contribution in [0.2, 0.25) is 0 Å². The van der Waals surface area contributed by atoms with E-state index in [1.54, 1.807) is 10.9 Å². The van der Waals surface area contributed by atoms with Gasteiger partial charge in [0.15, 0.2) is 17.5 Å². The normalized spacial score (nSPS) is 15.1. The first-order chi connectivity index (χ1) is 15.4. The summed E-state index contributed by atoms with van der Waals surface area (Å²) in [6, 6.07) is 8.03. The fraction of sp³-hybridized carbons (Fsp3) is 0.364. The Hall–Kier alpha value is -3.87. The Bertz CT molecular complexity index is 1200. The van der Waals surface area contributed by atoms with Crippen molar-refractivity contribution in [1.82, 2.24) is 20.1 Å². The highest BCUT2D eigenvalue weighted by Gasteiger charge is 2.37. The van der Waals surface area contributed by atoms with Gasteiger partial charge in [-0.3, -0.25) is 4.68 Å². The summed E-state index contributed by atoms with van der Waals surface area (Å²) in [5.74, 6) is -0.249. The SMILES string of the molecule is CC[C@H](NC(=O)O)[C@H](Nc1nc(Nc2cccc3c2cnn3C)c(C#N)cc1F)C1CC1. The Labute approximate surface area is 184 Å². The van der Waals surface area contributed by atoms with Gasteiger partial charge in [0.2, 0.25) is 0 Å². The minimum Gasteiger partial charge on any atom is -0.465 e. The summed E-state index contributed by atoms with van der Waals surface area (Å²) >= 11 is 0. The van der Waals surface area contributed by atoms with Crippen LogP contribution in [0.1, 0.15) is 31.7 Å². The van der Waals surface area contributed by atoms with E-state index in [9.17, 15) is 19.6 Å². The van der Waals surface area contributed by atoms with Crippen LogP contribution in [0.3, 0.4) is 0 Å². The summed E-state index contributed by atoms with van der Waals surface area (Å²) < 4.78 is 16.6. The number of hydrogen-bond acceptors (Lipinski definition) is 6. The number of fused-ring (bicyclic) bond motifs is 1. The quantitative estimate of drug-likeness (QED) is 0.420. The second-order valence-corrected chi connectivity index (χ2v) is 7.93. The van der Waals surface area contributed by atoms with Gasteiger partial charge in [0.1, 0.15) is 6.07 Å². The maximum Gasteiger partial charge on any atom is 0.404 e. The molecule has 0 saturated heterocycles. The molecule has 2 atom stereocenters. The maximum absolute atomic E-state index is 14.8. The number of hydrogen-bond donors (Lipinski definition) is 4. The van der Waals surface area contributed by atoms with Crippen LogP contribution in [-0.4, -0.2) is 38.0 Å². The number of carboxylic acid groups (broad SMARTS) is 1. The predicted octanol–water partition coefficient (Wildman–Crippen LogP) is 3.96. The fourth-order valence-electron chi connectivity index (χ4n) is 3.95. The molecule has 0 bridgehead atoms. The van der Waals surface area contributed by atoms with Gasteiger partial charge in [0.25, 0.3) is 0 Å². The number of nitriles is 1. The summed E-state index contributed by atoms with van der Waals surface area (Å²) in [5, 5.41) is 32.6. The molecule has 0 radical (unpaired) electrons. The molecule has 1 amide bonds. The van der Waals surface area contributed by atoms with Crippen LogP contribution in [0.5, 0.6) is 0 Å². The molecule has 0 aliphatic heterocycles. The molecule has 3 aromatic rings. The first kappa shape index (κ1) is 21.4. The van der Waals surface area contributed by atoms with Gasteiger partial charge in [0, 0.05) is 12.4 Å².